The van der Waals surface area contributed by atoms with Gasteiger partial charge in [-0.3, -0.25) is 4.98 Å². The molecule has 1 atom stereocenters. The van der Waals surface area contributed by atoms with E-state index < -0.39 is 0 Å². The molecule has 0 spiro atoms. The molecule has 4 nitrogen and oxygen atoms in total. The summed E-state index contributed by atoms with van der Waals surface area (Å²) in [6.07, 6.45) is 6.55. The Kier molecular flexibility index (Phi) is 3.65. The third kappa shape index (κ3) is 2.76. The van der Waals surface area contributed by atoms with E-state index in [9.17, 15) is 0 Å². The third-order valence-electron chi connectivity index (χ3n) is 3.95. The van der Waals surface area contributed by atoms with Crippen LogP contribution in [0.1, 0.15) is 27.7 Å². The van der Waals surface area contributed by atoms with Crippen LogP contribution in [0.4, 0.5) is 0 Å². The average molecular weight is 320 g/mol. The number of hydrogen-bond donors (Lipinski definition) is 2. The number of fused-ring (bicyclic) bond motifs is 1. The highest BCUT2D eigenvalue weighted by Gasteiger charge is 2.11. The van der Waals surface area contributed by atoms with Crippen molar-refractivity contribution in [1.82, 2.24) is 15.0 Å². The standard InChI is InChI=1S/C18H16N4S/c19-17(16-4-2-8-23-16)15-6-5-12(10-21-15)9-13-11-22-18-14(13)3-1-7-20-18/h1-8,10-11,17H,9,19H2,(H,20,22). The van der Waals surface area contributed by atoms with Gasteiger partial charge in [-0.1, -0.05) is 12.1 Å². The summed E-state index contributed by atoms with van der Waals surface area (Å²) in [7, 11) is 0. The smallest absolute Gasteiger partial charge is 0.137 e. The van der Waals surface area contributed by atoms with Gasteiger partial charge in [0.1, 0.15) is 5.65 Å². The average Bonchev–Trinajstić information content (AvgIpc) is 3.25. The monoisotopic (exact) mass is 320 g/mol. The summed E-state index contributed by atoms with van der Waals surface area (Å²) in [5.74, 6) is 0. The predicted molar refractivity (Wildman–Crippen MR) is 93.5 cm³/mol. The Morgan fingerprint density at radius 3 is 2.87 bits per heavy atom. The Morgan fingerprint density at radius 2 is 2.09 bits per heavy atom. The molecule has 23 heavy (non-hydrogen) atoms. The molecule has 1 unspecified atom stereocenters. The molecule has 0 fully saturated rings. The van der Waals surface area contributed by atoms with Gasteiger partial charge in [0.25, 0.3) is 0 Å². The van der Waals surface area contributed by atoms with Crippen LogP contribution in [-0.4, -0.2) is 15.0 Å². The second kappa shape index (κ2) is 5.95. The van der Waals surface area contributed by atoms with Crippen LogP contribution in [0.25, 0.3) is 11.0 Å². The van der Waals surface area contributed by atoms with Crippen molar-refractivity contribution < 1.29 is 0 Å². The lowest BCUT2D eigenvalue weighted by atomic mass is 10.1. The first-order valence-corrected chi connectivity index (χ1v) is 8.34. The van der Waals surface area contributed by atoms with Crippen LogP contribution in [-0.2, 0) is 6.42 Å². The number of aromatic amines is 1. The maximum absolute atomic E-state index is 6.26. The lowest BCUT2D eigenvalue weighted by Crippen LogP contribution is -2.12. The van der Waals surface area contributed by atoms with Crippen molar-refractivity contribution in [3.63, 3.8) is 0 Å². The van der Waals surface area contributed by atoms with Crippen molar-refractivity contribution in [3.05, 3.63) is 82.1 Å². The molecule has 4 heterocycles. The lowest BCUT2D eigenvalue weighted by molar-refractivity contribution is 0.843. The summed E-state index contributed by atoms with van der Waals surface area (Å²) in [6, 6.07) is 12.1. The quantitative estimate of drug-likeness (QED) is 0.603. The van der Waals surface area contributed by atoms with E-state index in [1.807, 2.05) is 42.0 Å². The lowest BCUT2D eigenvalue weighted by Gasteiger charge is -2.09. The molecule has 0 aliphatic heterocycles. The summed E-state index contributed by atoms with van der Waals surface area (Å²) in [4.78, 5) is 13.2. The minimum absolute atomic E-state index is 0.152. The molecular formula is C18H16N4S. The van der Waals surface area contributed by atoms with E-state index in [-0.39, 0.29) is 6.04 Å². The number of hydrogen-bond acceptors (Lipinski definition) is 4. The molecule has 4 aromatic heterocycles. The topological polar surface area (TPSA) is 67.6 Å². The van der Waals surface area contributed by atoms with Gasteiger partial charge < -0.3 is 10.7 Å². The Morgan fingerprint density at radius 1 is 1.13 bits per heavy atom. The van der Waals surface area contributed by atoms with E-state index in [1.165, 1.54) is 5.56 Å². The maximum Gasteiger partial charge on any atom is 0.137 e. The number of rotatable bonds is 4. The van der Waals surface area contributed by atoms with Crippen LogP contribution in [0.2, 0.25) is 0 Å². The number of nitrogens with zero attached hydrogens (tertiary/aromatic N) is 2. The van der Waals surface area contributed by atoms with Gasteiger partial charge in [0.2, 0.25) is 0 Å². The predicted octanol–water partition coefficient (Wildman–Crippen LogP) is 3.66. The highest BCUT2D eigenvalue weighted by Crippen LogP contribution is 2.23. The van der Waals surface area contributed by atoms with E-state index in [0.717, 1.165) is 33.6 Å². The van der Waals surface area contributed by atoms with Crippen molar-refractivity contribution >= 4 is 22.4 Å². The molecule has 0 amide bonds. The van der Waals surface area contributed by atoms with Crippen LogP contribution in [0.5, 0.6) is 0 Å². The third-order valence-corrected chi connectivity index (χ3v) is 4.90. The fourth-order valence-electron chi connectivity index (χ4n) is 2.72. The molecule has 0 aliphatic rings. The van der Waals surface area contributed by atoms with E-state index in [0.29, 0.717) is 0 Å². The van der Waals surface area contributed by atoms with Gasteiger partial charge in [-0.15, -0.1) is 11.3 Å². The molecule has 0 aliphatic carbocycles. The SMILES string of the molecule is NC(c1ccc(Cc2c[nH]c3ncccc23)cn1)c1cccs1. The zero-order valence-electron chi connectivity index (χ0n) is 12.4. The van der Waals surface area contributed by atoms with Gasteiger partial charge in [0, 0.05) is 35.3 Å². The molecule has 3 N–H and O–H groups in total. The molecule has 0 radical (unpaired) electrons. The Bertz CT molecular complexity index is 910. The first-order valence-electron chi connectivity index (χ1n) is 7.46. The van der Waals surface area contributed by atoms with Crippen LogP contribution >= 0.6 is 11.3 Å². The molecule has 4 aromatic rings. The fourth-order valence-corrected chi connectivity index (χ4v) is 3.46. The van der Waals surface area contributed by atoms with Crippen LogP contribution in [0.15, 0.2) is 60.4 Å². The number of nitrogens with two attached hydrogens (primary N) is 1. The van der Waals surface area contributed by atoms with Crippen LogP contribution in [0, 0.1) is 0 Å². The summed E-state index contributed by atoms with van der Waals surface area (Å²) in [6.45, 7) is 0. The van der Waals surface area contributed by atoms with Crippen molar-refractivity contribution in [2.75, 3.05) is 0 Å². The normalized spacial score (nSPS) is 12.6. The molecule has 0 bridgehead atoms. The van der Waals surface area contributed by atoms with Crippen molar-refractivity contribution in [2.45, 2.75) is 12.5 Å². The Balaban J connectivity index is 1.56. The van der Waals surface area contributed by atoms with Crippen LogP contribution < -0.4 is 5.73 Å². The maximum atomic E-state index is 6.26. The van der Waals surface area contributed by atoms with Gasteiger partial charge in [0.15, 0.2) is 0 Å². The Labute approximate surface area is 138 Å². The van der Waals surface area contributed by atoms with Gasteiger partial charge in [-0.05, 0) is 40.8 Å². The van der Waals surface area contributed by atoms with E-state index in [1.54, 1.807) is 17.5 Å². The minimum Gasteiger partial charge on any atom is -0.346 e. The molecule has 114 valence electrons. The summed E-state index contributed by atoms with van der Waals surface area (Å²) in [5.41, 5.74) is 10.5. The second-order valence-electron chi connectivity index (χ2n) is 5.47. The zero-order chi connectivity index (χ0) is 15.6. The number of aromatic nitrogens is 3. The summed E-state index contributed by atoms with van der Waals surface area (Å²) in [5, 5.41) is 3.20. The number of nitrogens with one attached hydrogen (secondary N) is 1. The first kappa shape index (κ1) is 14.1. The van der Waals surface area contributed by atoms with Gasteiger partial charge in [-0.2, -0.15) is 0 Å². The molecule has 4 rings (SSSR count). The molecular weight excluding hydrogens is 304 g/mol. The highest BCUT2D eigenvalue weighted by molar-refractivity contribution is 7.10. The second-order valence-corrected chi connectivity index (χ2v) is 6.45. The van der Waals surface area contributed by atoms with Crippen molar-refractivity contribution in [2.24, 2.45) is 5.73 Å². The molecule has 5 heteroatoms. The van der Waals surface area contributed by atoms with E-state index in [4.69, 9.17) is 5.73 Å². The van der Waals surface area contributed by atoms with Gasteiger partial charge in [-0.25, -0.2) is 4.98 Å². The largest absolute Gasteiger partial charge is 0.346 e. The van der Waals surface area contributed by atoms with Gasteiger partial charge in [0.05, 0.1) is 11.7 Å². The van der Waals surface area contributed by atoms with Crippen LogP contribution in [0.3, 0.4) is 0 Å². The molecule has 0 saturated heterocycles. The van der Waals surface area contributed by atoms with E-state index in [2.05, 4.69) is 27.1 Å². The number of thiophene rings is 1. The van der Waals surface area contributed by atoms with E-state index >= 15 is 0 Å². The summed E-state index contributed by atoms with van der Waals surface area (Å²) < 4.78 is 0. The number of H-pyrrole nitrogens is 1. The van der Waals surface area contributed by atoms with Crippen molar-refractivity contribution in [1.29, 1.82) is 0 Å². The first-order chi connectivity index (χ1) is 11.3. The molecule has 0 saturated carbocycles. The zero-order valence-corrected chi connectivity index (χ0v) is 13.3. The number of pyridine rings is 2. The Hall–Kier alpha value is -2.50. The molecule has 0 aromatic carbocycles. The fraction of sp³-hybridized carbons (Fsp3) is 0.111. The minimum atomic E-state index is -0.152. The summed E-state index contributed by atoms with van der Waals surface area (Å²) >= 11 is 1.66. The van der Waals surface area contributed by atoms with Gasteiger partial charge >= 0.3 is 0 Å². The highest BCUT2D eigenvalue weighted by atomic mass is 32.1. The van der Waals surface area contributed by atoms with Crippen molar-refractivity contribution in [3.8, 4) is 0 Å².